The molecule has 96 valence electrons. The molecule has 0 fully saturated rings. The molecule has 0 amide bonds. The number of benzene rings is 1. The number of nitrogens with zero attached hydrogens (tertiary/aromatic N) is 3. The van der Waals surface area contributed by atoms with Crippen LogP contribution in [0.25, 0.3) is 10.9 Å². The molecule has 2 heterocycles. The third-order valence-corrected chi connectivity index (χ3v) is 3.58. The van der Waals surface area contributed by atoms with E-state index in [9.17, 15) is 0 Å². The van der Waals surface area contributed by atoms with Crippen molar-refractivity contribution in [1.82, 2.24) is 19.7 Å². The molecule has 0 radical (unpaired) electrons. The highest BCUT2D eigenvalue weighted by atomic mass is 32.1. The predicted molar refractivity (Wildman–Crippen MR) is 77.6 cm³/mol. The number of fused-ring (bicyclic) bond motifs is 1. The zero-order valence-corrected chi connectivity index (χ0v) is 11.4. The Morgan fingerprint density at radius 3 is 2.89 bits per heavy atom. The molecule has 4 nitrogen and oxygen atoms in total. The Morgan fingerprint density at radius 1 is 1.26 bits per heavy atom. The van der Waals surface area contributed by atoms with Gasteiger partial charge in [0.2, 0.25) is 0 Å². The summed E-state index contributed by atoms with van der Waals surface area (Å²) in [6, 6.07) is 10.3. The van der Waals surface area contributed by atoms with Crippen LogP contribution in [-0.4, -0.2) is 19.7 Å². The molecule has 5 heteroatoms. The second-order valence-electron chi connectivity index (χ2n) is 4.47. The summed E-state index contributed by atoms with van der Waals surface area (Å²) in [6.07, 6.45) is 2.73. The van der Waals surface area contributed by atoms with Crippen LogP contribution >= 0.6 is 12.2 Å². The second kappa shape index (κ2) is 4.93. The Hall–Kier alpha value is -2.01. The fourth-order valence-corrected chi connectivity index (χ4v) is 2.53. The molecule has 0 saturated heterocycles. The summed E-state index contributed by atoms with van der Waals surface area (Å²) in [4.78, 5) is 4.47. The van der Waals surface area contributed by atoms with Crippen molar-refractivity contribution in [2.75, 3.05) is 0 Å². The number of pyridine rings is 1. The number of aromatic nitrogens is 4. The third kappa shape index (κ3) is 2.29. The van der Waals surface area contributed by atoms with E-state index in [0.717, 1.165) is 24.3 Å². The summed E-state index contributed by atoms with van der Waals surface area (Å²) in [5.74, 6) is 0.915. The molecule has 0 atom stereocenters. The van der Waals surface area contributed by atoms with E-state index in [1.165, 1.54) is 10.9 Å². The van der Waals surface area contributed by atoms with Gasteiger partial charge in [0.1, 0.15) is 5.82 Å². The molecule has 0 aliphatic carbocycles. The van der Waals surface area contributed by atoms with Crippen LogP contribution in [0, 0.1) is 11.7 Å². The maximum absolute atomic E-state index is 5.21. The molecular formula is C14H14N4S. The average Bonchev–Trinajstić information content (AvgIpc) is 2.76. The van der Waals surface area contributed by atoms with Gasteiger partial charge in [-0.3, -0.25) is 10.1 Å². The highest BCUT2D eigenvalue weighted by molar-refractivity contribution is 7.71. The van der Waals surface area contributed by atoms with Crippen molar-refractivity contribution >= 4 is 23.1 Å². The molecule has 19 heavy (non-hydrogen) atoms. The standard InChI is InChI=1S/C14H14N4S/c1-10-16-17-14(19)18(10)9-7-12-5-2-4-11-6-3-8-15-13(11)12/h2-6,8H,7,9H2,1H3,(H,17,19). The Labute approximate surface area is 116 Å². The highest BCUT2D eigenvalue weighted by Crippen LogP contribution is 2.17. The van der Waals surface area contributed by atoms with Crippen molar-refractivity contribution in [2.45, 2.75) is 19.9 Å². The van der Waals surface area contributed by atoms with Crippen LogP contribution in [0.4, 0.5) is 0 Å². The zero-order valence-electron chi connectivity index (χ0n) is 10.6. The second-order valence-corrected chi connectivity index (χ2v) is 4.86. The van der Waals surface area contributed by atoms with Crippen molar-refractivity contribution in [2.24, 2.45) is 0 Å². The van der Waals surface area contributed by atoms with Crippen LogP contribution < -0.4 is 0 Å². The number of nitrogens with one attached hydrogen (secondary N) is 1. The number of rotatable bonds is 3. The number of hydrogen-bond acceptors (Lipinski definition) is 3. The van der Waals surface area contributed by atoms with E-state index in [4.69, 9.17) is 12.2 Å². The summed E-state index contributed by atoms with van der Waals surface area (Å²) in [5, 5.41) is 8.11. The quantitative estimate of drug-likeness (QED) is 0.744. The molecule has 1 N–H and O–H groups in total. The lowest BCUT2D eigenvalue weighted by atomic mass is 10.1. The molecule has 3 rings (SSSR count). The van der Waals surface area contributed by atoms with Crippen LogP contribution in [0.15, 0.2) is 36.5 Å². The van der Waals surface area contributed by atoms with Gasteiger partial charge in [0.05, 0.1) is 5.52 Å². The van der Waals surface area contributed by atoms with Crippen molar-refractivity contribution in [3.63, 3.8) is 0 Å². The van der Waals surface area contributed by atoms with Crippen LogP contribution in [0.2, 0.25) is 0 Å². The Kier molecular flexibility index (Phi) is 3.13. The van der Waals surface area contributed by atoms with Gasteiger partial charge in [0, 0.05) is 18.1 Å². The summed E-state index contributed by atoms with van der Waals surface area (Å²) >= 11 is 5.21. The first-order chi connectivity index (χ1) is 9.25. The predicted octanol–water partition coefficient (Wildman–Crippen LogP) is 3.04. The molecule has 0 aliphatic heterocycles. The normalized spacial score (nSPS) is 11.0. The van der Waals surface area contributed by atoms with Crippen LogP contribution in [0.3, 0.4) is 0 Å². The molecule has 3 aromatic rings. The maximum atomic E-state index is 5.21. The van der Waals surface area contributed by atoms with Crippen LogP contribution in [0.1, 0.15) is 11.4 Å². The van der Waals surface area contributed by atoms with Crippen molar-refractivity contribution in [3.8, 4) is 0 Å². The van der Waals surface area contributed by atoms with E-state index in [2.05, 4.69) is 39.4 Å². The van der Waals surface area contributed by atoms with Gasteiger partial charge >= 0.3 is 0 Å². The molecule has 0 spiro atoms. The minimum absolute atomic E-state index is 0.672. The number of hydrogen-bond donors (Lipinski definition) is 1. The average molecular weight is 270 g/mol. The topological polar surface area (TPSA) is 46.5 Å². The monoisotopic (exact) mass is 270 g/mol. The number of H-pyrrole nitrogens is 1. The number of para-hydroxylation sites is 1. The maximum Gasteiger partial charge on any atom is 0.195 e. The minimum atomic E-state index is 0.672. The van der Waals surface area contributed by atoms with Gasteiger partial charge in [-0.1, -0.05) is 24.3 Å². The highest BCUT2D eigenvalue weighted by Gasteiger charge is 2.04. The Morgan fingerprint density at radius 2 is 2.11 bits per heavy atom. The van der Waals surface area contributed by atoms with E-state index in [-0.39, 0.29) is 0 Å². The van der Waals surface area contributed by atoms with Crippen molar-refractivity contribution < 1.29 is 0 Å². The summed E-state index contributed by atoms with van der Waals surface area (Å²) in [5.41, 5.74) is 2.30. The largest absolute Gasteiger partial charge is 0.304 e. The van der Waals surface area contributed by atoms with Crippen LogP contribution in [-0.2, 0) is 13.0 Å². The lowest BCUT2D eigenvalue weighted by Gasteiger charge is -2.07. The molecule has 0 bridgehead atoms. The van der Waals surface area contributed by atoms with Gasteiger partial charge in [0.15, 0.2) is 4.77 Å². The smallest absolute Gasteiger partial charge is 0.195 e. The first-order valence-electron chi connectivity index (χ1n) is 6.20. The molecule has 0 saturated carbocycles. The van der Waals surface area contributed by atoms with Crippen molar-refractivity contribution in [1.29, 1.82) is 0 Å². The summed E-state index contributed by atoms with van der Waals surface area (Å²) in [7, 11) is 0. The van der Waals surface area contributed by atoms with Gasteiger partial charge in [-0.2, -0.15) is 5.10 Å². The first-order valence-corrected chi connectivity index (χ1v) is 6.61. The van der Waals surface area contributed by atoms with Gasteiger partial charge < -0.3 is 4.57 Å². The lowest BCUT2D eigenvalue weighted by molar-refractivity contribution is 0.666. The van der Waals surface area contributed by atoms with E-state index < -0.39 is 0 Å². The summed E-state index contributed by atoms with van der Waals surface area (Å²) in [6.45, 7) is 2.77. The summed E-state index contributed by atoms with van der Waals surface area (Å²) < 4.78 is 2.68. The fourth-order valence-electron chi connectivity index (χ4n) is 2.26. The molecular weight excluding hydrogens is 256 g/mol. The van der Waals surface area contributed by atoms with E-state index in [0.29, 0.717) is 4.77 Å². The fraction of sp³-hybridized carbons (Fsp3) is 0.214. The van der Waals surface area contributed by atoms with Gasteiger partial charge in [0.25, 0.3) is 0 Å². The van der Waals surface area contributed by atoms with Crippen molar-refractivity contribution in [3.05, 3.63) is 52.7 Å². The van der Waals surface area contributed by atoms with Gasteiger partial charge in [-0.25, -0.2) is 0 Å². The Balaban J connectivity index is 1.92. The van der Waals surface area contributed by atoms with E-state index >= 15 is 0 Å². The lowest BCUT2D eigenvalue weighted by Crippen LogP contribution is -2.04. The first kappa shape index (κ1) is 12.0. The third-order valence-electron chi connectivity index (χ3n) is 3.27. The van der Waals surface area contributed by atoms with Crippen LogP contribution in [0.5, 0.6) is 0 Å². The Bertz CT molecular complexity index is 767. The molecule has 0 unspecified atom stereocenters. The minimum Gasteiger partial charge on any atom is -0.304 e. The molecule has 0 aliphatic rings. The van der Waals surface area contributed by atoms with E-state index in [1.54, 1.807) is 0 Å². The molecule has 1 aromatic carbocycles. The molecule has 2 aromatic heterocycles. The number of aryl methyl sites for hydroxylation is 2. The van der Waals surface area contributed by atoms with E-state index in [1.807, 2.05) is 23.8 Å². The number of aromatic amines is 1. The zero-order chi connectivity index (χ0) is 13.2. The van der Waals surface area contributed by atoms with Gasteiger partial charge in [-0.05, 0) is 37.2 Å². The van der Waals surface area contributed by atoms with Gasteiger partial charge in [-0.15, -0.1) is 0 Å². The SMILES string of the molecule is Cc1n[nH]c(=S)n1CCc1cccc2cccnc12.